The molecule has 0 radical (unpaired) electrons. The fourth-order valence-electron chi connectivity index (χ4n) is 3.25. The topological polar surface area (TPSA) is 110 Å². The highest BCUT2D eigenvalue weighted by Crippen LogP contribution is 2.28. The highest BCUT2D eigenvalue weighted by molar-refractivity contribution is 14.1. The van der Waals surface area contributed by atoms with Crippen LogP contribution in [0.3, 0.4) is 0 Å². The Kier molecular flexibility index (Phi) is 10.00. The van der Waals surface area contributed by atoms with E-state index in [9.17, 15) is 4.79 Å². The number of halogens is 1. The summed E-state index contributed by atoms with van der Waals surface area (Å²) in [6.07, 6.45) is 5.09. The van der Waals surface area contributed by atoms with E-state index < -0.39 is 7.82 Å². The lowest BCUT2D eigenvalue weighted by atomic mass is 9.97. The third-order valence-electron chi connectivity index (χ3n) is 4.66. The van der Waals surface area contributed by atoms with Crippen molar-refractivity contribution in [2.24, 2.45) is 0 Å². The number of benzene rings is 3. The van der Waals surface area contributed by atoms with Gasteiger partial charge >= 0.3 is 3.83 Å². The van der Waals surface area contributed by atoms with Crippen molar-refractivity contribution in [2.75, 3.05) is 14.1 Å². The number of phosphoric acid groups is 1. The summed E-state index contributed by atoms with van der Waals surface area (Å²) in [6.45, 7) is 4.08. The second-order valence-electron chi connectivity index (χ2n) is 7.34. The van der Waals surface area contributed by atoms with Gasteiger partial charge in [-0.25, -0.2) is 9.13 Å². The van der Waals surface area contributed by atoms with Crippen molar-refractivity contribution in [3.05, 3.63) is 76.4 Å². The Morgan fingerprint density at radius 1 is 1.09 bits per heavy atom. The van der Waals surface area contributed by atoms with Gasteiger partial charge in [0.2, 0.25) is 6.41 Å². The monoisotopic (exact) mass is 583 g/mol. The minimum Gasteiger partial charge on any atom is -0.756 e. The average molecular weight is 583 g/mol. The Labute approximate surface area is 206 Å². The molecule has 1 heterocycles. The number of rotatable bonds is 4. The summed E-state index contributed by atoms with van der Waals surface area (Å²) in [7, 11) is -1.51. The Morgan fingerprint density at radius 3 is 1.94 bits per heavy atom. The summed E-state index contributed by atoms with van der Waals surface area (Å²) in [4.78, 5) is 33.8. The van der Waals surface area contributed by atoms with Crippen LogP contribution >= 0.6 is 30.4 Å². The molecule has 4 aromatic rings. The number of nitrogens with zero attached hydrogens (tertiary/aromatic N) is 3. The van der Waals surface area contributed by atoms with Gasteiger partial charge in [-0.2, -0.15) is 0 Å². The highest BCUT2D eigenvalue weighted by Gasteiger charge is 2.16. The van der Waals surface area contributed by atoms with Crippen LogP contribution in [0.25, 0.3) is 21.5 Å². The molecule has 33 heavy (non-hydrogen) atoms. The Hall–Kier alpha value is -2.30. The summed E-state index contributed by atoms with van der Waals surface area (Å²) in [5.41, 5.74) is 1.40. The second kappa shape index (κ2) is 12.2. The van der Waals surface area contributed by atoms with E-state index in [1.54, 1.807) is 14.1 Å². The van der Waals surface area contributed by atoms with Crippen LogP contribution < -0.4 is 9.46 Å². The maximum Gasteiger partial charge on any atom is 0.317 e. The molecule has 0 fully saturated rings. The van der Waals surface area contributed by atoms with Crippen molar-refractivity contribution in [3.63, 3.8) is 0 Å². The van der Waals surface area contributed by atoms with Gasteiger partial charge in [-0.05, 0) is 34.5 Å². The molecule has 1 aromatic heterocycles. The third-order valence-corrected chi connectivity index (χ3v) is 5.90. The molecule has 0 saturated heterocycles. The number of hydrogen-bond donors (Lipinski definition) is 2. The van der Waals surface area contributed by atoms with Crippen molar-refractivity contribution in [1.82, 2.24) is 9.47 Å². The first kappa shape index (κ1) is 26.9. The number of amides is 1. The number of imidazole rings is 1. The normalized spacial score (nSPS) is 10.8. The largest absolute Gasteiger partial charge is 0.756 e. The molecule has 0 atom stereocenters. The van der Waals surface area contributed by atoms with Gasteiger partial charge in [-0.15, -0.1) is 0 Å². The van der Waals surface area contributed by atoms with E-state index in [2.05, 4.69) is 106 Å². The van der Waals surface area contributed by atoms with Crippen molar-refractivity contribution < 1.29 is 28.6 Å². The predicted octanol–water partition coefficient (Wildman–Crippen LogP) is 2.90. The van der Waals surface area contributed by atoms with Crippen molar-refractivity contribution >= 4 is 58.4 Å². The van der Waals surface area contributed by atoms with Gasteiger partial charge in [0.05, 0.1) is 29.1 Å². The summed E-state index contributed by atoms with van der Waals surface area (Å²) in [5.74, 6) is 0. The SMILES string of the molecule is CCn1cc[n+](Cc2c3ccccc3cc3ccccc23)c1I.CN(C)C=O.O=P([O-])(O)O. The zero-order valence-corrected chi connectivity index (χ0v) is 21.7. The second-order valence-corrected chi connectivity index (χ2v) is 9.28. The minimum atomic E-state index is -4.89. The first-order valence-electron chi connectivity index (χ1n) is 10.1. The molecule has 0 aliphatic rings. The predicted molar refractivity (Wildman–Crippen MR) is 135 cm³/mol. The molecular formula is C23H27IN3O5P. The number of carbonyl (C=O) groups is 1. The smallest absolute Gasteiger partial charge is 0.317 e. The van der Waals surface area contributed by atoms with Gasteiger partial charge in [0.1, 0.15) is 18.9 Å². The van der Waals surface area contributed by atoms with Gasteiger partial charge < -0.3 is 19.6 Å². The first-order valence-corrected chi connectivity index (χ1v) is 12.7. The van der Waals surface area contributed by atoms with Crippen LogP contribution in [0.5, 0.6) is 0 Å². The molecule has 0 saturated carbocycles. The van der Waals surface area contributed by atoms with E-state index in [0.29, 0.717) is 0 Å². The van der Waals surface area contributed by atoms with E-state index >= 15 is 0 Å². The molecule has 176 valence electrons. The Balaban J connectivity index is 0.000000327. The number of hydrogen-bond acceptors (Lipinski definition) is 3. The molecule has 2 N–H and O–H groups in total. The van der Waals surface area contributed by atoms with Crippen molar-refractivity contribution in [3.8, 4) is 0 Å². The zero-order valence-electron chi connectivity index (χ0n) is 18.6. The van der Waals surface area contributed by atoms with Crippen LogP contribution in [-0.2, 0) is 22.4 Å². The summed E-state index contributed by atoms with van der Waals surface area (Å²) in [6, 6.07) is 19.7. The van der Waals surface area contributed by atoms with E-state index in [1.807, 2.05) is 0 Å². The van der Waals surface area contributed by atoms with Gasteiger partial charge in [0.15, 0.2) is 0 Å². The molecule has 1 amide bonds. The maximum atomic E-state index is 9.43. The lowest BCUT2D eigenvalue weighted by molar-refractivity contribution is -0.700. The minimum absolute atomic E-state index is 0.750. The fraction of sp³-hybridized carbons (Fsp3) is 0.217. The molecule has 3 aromatic carbocycles. The lowest BCUT2D eigenvalue weighted by Gasteiger charge is -2.10. The van der Waals surface area contributed by atoms with Crippen LogP contribution in [-0.4, -0.2) is 39.8 Å². The average Bonchev–Trinajstić information content (AvgIpc) is 3.12. The van der Waals surface area contributed by atoms with Gasteiger partial charge in [0.25, 0.3) is 7.82 Å². The molecule has 10 heteroatoms. The Bertz CT molecular complexity index is 1210. The van der Waals surface area contributed by atoms with Crippen LogP contribution in [0, 0.1) is 3.83 Å². The van der Waals surface area contributed by atoms with Crippen LogP contribution in [0.1, 0.15) is 12.5 Å². The standard InChI is InChI=1S/C20H18IN2.C3H7NO.H3O4P/c1-2-22-11-12-23(20(22)21)14-19-17-9-5-3-7-15(17)13-16-8-4-6-10-18(16)19;1-4(2)3-5;1-5(2,3)4/h3-13H,2,14H2,1H3;3H,1-2H3;(H3,1,2,3,4)/q+1;;/p-1. The molecule has 0 aliphatic carbocycles. The number of aryl methyl sites for hydroxylation is 1. The quantitative estimate of drug-likeness (QED) is 0.126. The van der Waals surface area contributed by atoms with Gasteiger partial charge in [0, 0.05) is 19.7 Å². The summed E-state index contributed by atoms with van der Waals surface area (Å²) < 4.78 is 14.6. The maximum absolute atomic E-state index is 9.43. The van der Waals surface area contributed by atoms with E-state index in [1.165, 1.54) is 35.8 Å². The van der Waals surface area contributed by atoms with Crippen LogP contribution in [0.15, 0.2) is 67.0 Å². The molecular weight excluding hydrogens is 556 g/mol. The third kappa shape index (κ3) is 8.21. The van der Waals surface area contributed by atoms with Crippen LogP contribution in [0.2, 0.25) is 0 Å². The number of aromatic nitrogens is 2. The fourth-order valence-corrected chi connectivity index (χ4v) is 4.08. The first-order chi connectivity index (χ1) is 15.5. The van der Waals surface area contributed by atoms with Gasteiger partial charge in [-0.3, -0.25) is 9.36 Å². The number of fused-ring (bicyclic) bond motifs is 2. The zero-order chi connectivity index (χ0) is 24.6. The summed E-state index contributed by atoms with van der Waals surface area (Å²) >= 11 is 2.44. The molecule has 0 aliphatic heterocycles. The molecule has 0 spiro atoms. The van der Waals surface area contributed by atoms with E-state index in [-0.39, 0.29) is 0 Å². The van der Waals surface area contributed by atoms with Crippen molar-refractivity contribution in [2.45, 2.75) is 20.0 Å². The molecule has 0 bridgehead atoms. The summed E-state index contributed by atoms with van der Waals surface area (Å²) in [5, 5.41) is 5.32. The highest BCUT2D eigenvalue weighted by atomic mass is 127. The molecule has 8 nitrogen and oxygen atoms in total. The van der Waals surface area contributed by atoms with Gasteiger partial charge in [-0.1, -0.05) is 48.5 Å². The Morgan fingerprint density at radius 2 is 1.55 bits per heavy atom. The van der Waals surface area contributed by atoms with E-state index in [0.717, 1.165) is 19.5 Å². The molecule has 0 unspecified atom stereocenters. The van der Waals surface area contributed by atoms with E-state index in [4.69, 9.17) is 19.2 Å². The lowest BCUT2D eigenvalue weighted by Crippen LogP contribution is -2.36. The number of carbonyl (C=O) groups excluding carboxylic acids is 1. The molecule has 4 rings (SSSR count). The van der Waals surface area contributed by atoms with Crippen LogP contribution in [0.4, 0.5) is 0 Å². The van der Waals surface area contributed by atoms with Crippen molar-refractivity contribution in [1.29, 1.82) is 0 Å².